The highest BCUT2D eigenvalue weighted by Crippen LogP contribution is 2.12. The molecule has 0 atom stereocenters. The van der Waals surface area contributed by atoms with Crippen molar-refractivity contribution in [3.8, 4) is 0 Å². The number of hydrazine groups is 1. The zero-order chi connectivity index (χ0) is 8.97. The Morgan fingerprint density at radius 2 is 2.17 bits per heavy atom. The Labute approximate surface area is 73.1 Å². The van der Waals surface area contributed by atoms with E-state index in [9.17, 15) is 0 Å². The van der Waals surface area contributed by atoms with Gasteiger partial charge in [-0.25, -0.2) is 0 Å². The Hall–Kier alpha value is -1.06. The maximum atomic E-state index is 5.22. The first-order valence-corrected chi connectivity index (χ1v) is 3.94. The monoisotopic (exact) mass is 165 g/mol. The van der Waals surface area contributed by atoms with Crippen LogP contribution in [0.1, 0.15) is 5.56 Å². The highest BCUT2D eigenvalue weighted by atomic mass is 15.2. The molecule has 0 unspecified atom stereocenters. The first-order valence-electron chi connectivity index (χ1n) is 3.94. The highest BCUT2D eigenvalue weighted by Gasteiger charge is 1.95. The molecule has 3 heteroatoms. The predicted octanol–water partition coefficient (Wildman–Crippen LogP) is 0.716. The third kappa shape index (κ3) is 2.22. The van der Waals surface area contributed by atoms with Crippen LogP contribution in [-0.4, -0.2) is 14.1 Å². The van der Waals surface area contributed by atoms with E-state index in [1.54, 1.807) is 0 Å². The number of nitrogens with one attached hydrogen (secondary N) is 1. The number of nitrogens with two attached hydrogens (primary N) is 1. The van der Waals surface area contributed by atoms with Crippen LogP contribution in [0, 0.1) is 0 Å². The van der Waals surface area contributed by atoms with Gasteiger partial charge in [-0.15, -0.1) is 0 Å². The topological polar surface area (TPSA) is 41.3 Å². The lowest BCUT2D eigenvalue weighted by Gasteiger charge is -2.13. The van der Waals surface area contributed by atoms with Crippen LogP contribution in [0.2, 0.25) is 0 Å². The summed E-state index contributed by atoms with van der Waals surface area (Å²) in [6, 6.07) is 8.26. The average Bonchev–Trinajstić information content (AvgIpc) is 2.05. The largest absolute Gasteiger partial charge is 0.378 e. The van der Waals surface area contributed by atoms with Crippen LogP contribution in [0.5, 0.6) is 0 Å². The number of nitrogens with zero attached hydrogens (tertiary/aromatic N) is 1. The van der Waals surface area contributed by atoms with Crippen LogP contribution in [-0.2, 0) is 6.54 Å². The van der Waals surface area contributed by atoms with Gasteiger partial charge in [0, 0.05) is 26.3 Å². The van der Waals surface area contributed by atoms with E-state index >= 15 is 0 Å². The number of anilines is 1. The second kappa shape index (κ2) is 4.09. The zero-order valence-corrected chi connectivity index (χ0v) is 7.54. The van der Waals surface area contributed by atoms with Gasteiger partial charge in [0.2, 0.25) is 0 Å². The quantitative estimate of drug-likeness (QED) is 0.512. The van der Waals surface area contributed by atoms with E-state index in [2.05, 4.69) is 22.5 Å². The van der Waals surface area contributed by atoms with Crippen molar-refractivity contribution in [2.45, 2.75) is 6.54 Å². The van der Waals surface area contributed by atoms with Crippen LogP contribution >= 0.6 is 0 Å². The van der Waals surface area contributed by atoms with Crippen LogP contribution in [0.4, 0.5) is 5.69 Å². The first-order chi connectivity index (χ1) is 5.74. The van der Waals surface area contributed by atoms with Gasteiger partial charge in [0.1, 0.15) is 0 Å². The van der Waals surface area contributed by atoms with Gasteiger partial charge in [-0.3, -0.25) is 11.3 Å². The van der Waals surface area contributed by atoms with Gasteiger partial charge in [0.15, 0.2) is 0 Å². The van der Waals surface area contributed by atoms with Crippen LogP contribution < -0.4 is 16.2 Å². The van der Waals surface area contributed by atoms with Crippen LogP contribution in [0.25, 0.3) is 0 Å². The summed E-state index contributed by atoms with van der Waals surface area (Å²) in [6.45, 7) is 0.710. The molecule has 0 amide bonds. The minimum Gasteiger partial charge on any atom is -0.378 e. The van der Waals surface area contributed by atoms with Gasteiger partial charge in [-0.2, -0.15) is 0 Å². The molecule has 0 fully saturated rings. The SMILES string of the molecule is CN(C)c1cccc(CNN)c1. The number of benzene rings is 1. The Morgan fingerprint density at radius 3 is 2.75 bits per heavy atom. The molecular weight excluding hydrogens is 150 g/mol. The van der Waals surface area contributed by atoms with Gasteiger partial charge in [0.05, 0.1) is 0 Å². The molecule has 0 aliphatic heterocycles. The van der Waals surface area contributed by atoms with Gasteiger partial charge >= 0.3 is 0 Å². The lowest BCUT2D eigenvalue weighted by Crippen LogP contribution is -2.21. The third-order valence-corrected chi connectivity index (χ3v) is 1.73. The molecule has 3 nitrogen and oxygen atoms in total. The Balaban J connectivity index is 2.81. The van der Waals surface area contributed by atoms with E-state index in [0.717, 1.165) is 0 Å². The normalized spacial score (nSPS) is 9.92. The highest BCUT2D eigenvalue weighted by molar-refractivity contribution is 5.47. The number of hydrogen-bond donors (Lipinski definition) is 2. The summed E-state index contributed by atoms with van der Waals surface area (Å²) in [5.74, 6) is 5.22. The molecule has 1 aromatic rings. The third-order valence-electron chi connectivity index (χ3n) is 1.73. The first kappa shape index (κ1) is 9.03. The zero-order valence-electron chi connectivity index (χ0n) is 7.54. The molecule has 0 aromatic heterocycles. The Morgan fingerprint density at radius 1 is 1.42 bits per heavy atom. The standard InChI is InChI=1S/C9H15N3/c1-12(2)9-5-3-4-8(6-9)7-11-10/h3-6,11H,7,10H2,1-2H3. The van der Waals surface area contributed by atoms with Crippen molar-refractivity contribution in [2.75, 3.05) is 19.0 Å². The molecule has 66 valence electrons. The fourth-order valence-electron chi connectivity index (χ4n) is 1.06. The van der Waals surface area contributed by atoms with Crippen molar-refractivity contribution in [1.29, 1.82) is 0 Å². The average molecular weight is 165 g/mol. The van der Waals surface area contributed by atoms with Gasteiger partial charge in [0.25, 0.3) is 0 Å². The predicted molar refractivity (Wildman–Crippen MR) is 51.8 cm³/mol. The van der Waals surface area contributed by atoms with E-state index in [4.69, 9.17) is 5.84 Å². The van der Waals surface area contributed by atoms with Crippen LogP contribution in [0.3, 0.4) is 0 Å². The molecule has 0 aliphatic rings. The molecule has 1 aromatic carbocycles. The molecule has 0 aliphatic carbocycles. The lowest BCUT2D eigenvalue weighted by molar-refractivity contribution is 0.741. The van der Waals surface area contributed by atoms with E-state index in [0.29, 0.717) is 6.54 Å². The fourth-order valence-corrected chi connectivity index (χ4v) is 1.06. The van der Waals surface area contributed by atoms with Crippen molar-refractivity contribution in [2.24, 2.45) is 5.84 Å². The maximum absolute atomic E-state index is 5.22. The molecule has 0 saturated heterocycles. The molecule has 0 radical (unpaired) electrons. The van der Waals surface area contributed by atoms with E-state index in [1.807, 2.05) is 26.2 Å². The molecule has 0 spiro atoms. The van der Waals surface area contributed by atoms with Crippen molar-refractivity contribution in [1.82, 2.24) is 5.43 Å². The summed E-state index contributed by atoms with van der Waals surface area (Å²) in [5, 5.41) is 0. The van der Waals surface area contributed by atoms with E-state index in [1.165, 1.54) is 11.3 Å². The summed E-state index contributed by atoms with van der Waals surface area (Å²) in [6.07, 6.45) is 0. The van der Waals surface area contributed by atoms with Crippen molar-refractivity contribution in [3.05, 3.63) is 29.8 Å². The fraction of sp³-hybridized carbons (Fsp3) is 0.333. The molecule has 1 rings (SSSR count). The van der Waals surface area contributed by atoms with E-state index in [-0.39, 0.29) is 0 Å². The summed E-state index contributed by atoms with van der Waals surface area (Å²) in [7, 11) is 4.05. The summed E-state index contributed by atoms with van der Waals surface area (Å²) < 4.78 is 0. The molecule has 0 heterocycles. The Kier molecular flexibility index (Phi) is 3.08. The summed E-state index contributed by atoms with van der Waals surface area (Å²) in [4.78, 5) is 2.07. The number of hydrogen-bond acceptors (Lipinski definition) is 3. The minimum absolute atomic E-state index is 0.710. The lowest BCUT2D eigenvalue weighted by atomic mass is 10.2. The smallest absolute Gasteiger partial charge is 0.0364 e. The van der Waals surface area contributed by atoms with Gasteiger partial charge in [-0.05, 0) is 17.7 Å². The number of rotatable bonds is 3. The van der Waals surface area contributed by atoms with Crippen molar-refractivity contribution < 1.29 is 0 Å². The summed E-state index contributed by atoms with van der Waals surface area (Å²) >= 11 is 0. The van der Waals surface area contributed by atoms with Gasteiger partial charge < -0.3 is 4.90 Å². The van der Waals surface area contributed by atoms with Crippen molar-refractivity contribution in [3.63, 3.8) is 0 Å². The second-order valence-electron chi connectivity index (χ2n) is 2.95. The molecular formula is C9H15N3. The molecule has 12 heavy (non-hydrogen) atoms. The summed E-state index contributed by atoms with van der Waals surface area (Å²) in [5.41, 5.74) is 5.03. The molecule has 3 N–H and O–H groups in total. The Bertz CT molecular complexity index is 245. The van der Waals surface area contributed by atoms with Crippen molar-refractivity contribution >= 4 is 5.69 Å². The van der Waals surface area contributed by atoms with E-state index < -0.39 is 0 Å². The van der Waals surface area contributed by atoms with Crippen LogP contribution in [0.15, 0.2) is 24.3 Å². The van der Waals surface area contributed by atoms with Gasteiger partial charge in [-0.1, -0.05) is 12.1 Å². The molecule has 0 saturated carbocycles. The maximum Gasteiger partial charge on any atom is 0.0364 e. The minimum atomic E-state index is 0.710. The second-order valence-corrected chi connectivity index (χ2v) is 2.95. The molecule has 0 bridgehead atoms.